The molecule has 0 bridgehead atoms. The normalized spacial score (nSPS) is 22.5. The van der Waals surface area contributed by atoms with Gasteiger partial charge in [-0.3, -0.25) is 14.3 Å². The first-order chi connectivity index (χ1) is 16.2. The van der Waals surface area contributed by atoms with Crippen LogP contribution < -0.4 is 9.46 Å². The van der Waals surface area contributed by atoms with Crippen LogP contribution in [0.25, 0.3) is 0 Å². The molecule has 1 N–H and O–H groups in total. The maximum atomic E-state index is 14.0. The highest BCUT2D eigenvalue weighted by atomic mass is 32.2. The van der Waals surface area contributed by atoms with Crippen LogP contribution in [0.4, 0.5) is 10.1 Å². The lowest BCUT2D eigenvalue weighted by Gasteiger charge is -2.42. The number of methoxy groups -OCH3 is 1. The maximum absolute atomic E-state index is 14.0. The van der Waals surface area contributed by atoms with Crippen LogP contribution in [0.2, 0.25) is 0 Å². The molecule has 0 saturated carbocycles. The molecule has 0 radical (unpaired) electrons. The number of hydrogen-bond acceptors (Lipinski definition) is 7. The molecule has 2 heterocycles. The predicted octanol–water partition coefficient (Wildman–Crippen LogP) is 2.57. The zero-order valence-electron chi connectivity index (χ0n) is 18.7. The van der Waals surface area contributed by atoms with Gasteiger partial charge < -0.3 is 19.1 Å². The van der Waals surface area contributed by atoms with E-state index in [0.29, 0.717) is 12.8 Å². The minimum atomic E-state index is -4.20. The van der Waals surface area contributed by atoms with Gasteiger partial charge in [-0.2, -0.15) is 0 Å². The van der Waals surface area contributed by atoms with E-state index >= 15 is 0 Å². The number of halogens is 1. The Labute approximate surface area is 196 Å². The molecule has 0 aromatic heterocycles. The number of carbonyl (C=O) groups is 2. The van der Waals surface area contributed by atoms with Crippen molar-refractivity contribution in [3.05, 3.63) is 53.8 Å². The Kier molecular flexibility index (Phi) is 6.76. The Morgan fingerprint density at radius 1 is 1.24 bits per heavy atom. The summed E-state index contributed by atoms with van der Waals surface area (Å²) in [6, 6.07) is 9.03. The Bertz CT molecular complexity index is 1200. The largest absolute Gasteiger partial charge is 0.490 e. The first-order valence-corrected chi connectivity index (χ1v) is 12.2. The van der Waals surface area contributed by atoms with E-state index in [0.717, 1.165) is 12.1 Å². The summed E-state index contributed by atoms with van der Waals surface area (Å²) >= 11 is 0. The average molecular weight is 493 g/mol. The highest BCUT2D eigenvalue weighted by Gasteiger charge is 2.39. The van der Waals surface area contributed by atoms with Crippen molar-refractivity contribution in [1.82, 2.24) is 4.90 Å². The number of rotatable bonds is 5. The molecule has 182 valence electrons. The number of carbonyl (C=O) groups excluding carboxylic acids is 2. The third kappa shape index (κ3) is 4.85. The molecule has 3 atom stereocenters. The fourth-order valence-electron chi connectivity index (χ4n) is 4.23. The summed E-state index contributed by atoms with van der Waals surface area (Å²) in [5, 5.41) is 0. The fourth-order valence-corrected chi connectivity index (χ4v) is 5.36. The zero-order valence-corrected chi connectivity index (χ0v) is 19.5. The van der Waals surface area contributed by atoms with Crippen molar-refractivity contribution in [3.8, 4) is 5.75 Å². The van der Waals surface area contributed by atoms with E-state index in [4.69, 9.17) is 14.2 Å². The van der Waals surface area contributed by atoms with Crippen molar-refractivity contribution < 1.29 is 36.6 Å². The van der Waals surface area contributed by atoms with Gasteiger partial charge in [0.05, 0.1) is 31.2 Å². The SMILES string of the molecule is COC(=O)C[C@H]1CC[C@H]2[C@H](COc3ccc(NS(=O)(=O)c4ccccc4F)cc3C(=O)N2C)O1. The van der Waals surface area contributed by atoms with E-state index in [2.05, 4.69) is 4.72 Å². The Hall–Kier alpha value is -3.18. The molecule has 9 nitrogen and oxygen atoms in total. The third-order valence-electron chi connectivity index (χ3n) is 6.01. The summed E-state index contributed by atoms with van der Waals surface area (Å²) in [5.74, 6) is -1.35. The van der Waals surface area contributed by atoms with Crippen LogP contribution in [-0.2, 0) is 24.3 Å². The van der Waals surface area contributed by atoms with Gasteiger partial charge >= 0.3 is 5.97 Å². The fraction of sp³-hybridized carbons (Fsp3) is 0.391. The van der Waals surface area contributed by atoms with Gasteiger partial charge in [0.2, 0.25) is 0 Å². The maximum Gasteiger partial charge on any atom is 0.308 e. The predicted molar refractivity (Wildman–Crippen MR) is 120 cm³/mol. The number of likely N-dealkylation sites (N-methyl/N-ethyl adjacent to an activating group) is 1. The van der Waals surface area contributed by atoms with E-state index in [1.807, 2.05) is 0 Å². The van der Waals surface area contributed by atoms with Crippen LogP contribution in [0, 0.1) is 5.82 Å². The molecule has 2 aliphatic heterocycles. The Morgan fingerprint density at radius 3 is 2.74 bits per heavy atom. The van der Waals surface area contributed by atoms with Crippen molar-refractivity contribution in [2.24, 2.45) is 0 Å². The lowest BCUT2D eigenvalue weighted by molar-refractivity contribution is -0.151. The number of sulfonamides is 1. The summed E-state index contributed by atoms with van der Waals surface area (Å²) in [6.07, 6.45) is 0.537. The molecule has 2 aliphatic rings. The second-order valence-electron chi connectivity index (χ2n) is 8.20. The van der Waals surface area contributed by atoms with Gasteiger partial charge in [0, 0.05) is 12.7 Å². The number of anilines is 1. The van der Waals surface area contributed by atoms with Crippen molar-refractivity contribution >= 4 is 27.6 Å². The van der Waals surface area contributed by atoms with Gasteiger partial charge in [0.25, 0.3) is 15.9 Å². The molecule has 0 spiro atoms. The van der Waals surface area contributed by atoms with Crippen LogP contribution >= 0.6 is 0 Å². The molecule has 11 heteroatoms. The van der Waals surface area contributed by atoms with Gasteiger partial charge in [-0.25, -0.2) is 12.8 Å². The number of ether oxygens (including phenoxy) is 3. The van der Waals surface area contributed by atoms with Gasteiger partial charge in [0.15, 0.2) is 0 Å². The quantitative estimate of drug-likeness (QED) is 0.639. The molecule has 1 amide bonds. The summed E-state index contributed by atoms with van der Waals surface area (Å²) in [6.45, 7) is 0.146. The first kappa shape index (κ1) is 24.0. The van der Waals surface area contributed by atoms with Gasteiger partial charge in [-0.1, -0.05) is 12.1 Å². The van der Waals surface area contributed by atoms with E-state index in [-0.39, 0.29) is 54.1 Å². The molecular formula is C23H25FN2O7S. The molecule has 2 aromatic rings. The van der Waals surface area contributed by atoms with Gasteiger partial charge in [0.1, 0.15) is 29.2 Å². The molecule has 34 heavy (non-hydrogen) atoms. The number of benzene rings is 2. The number of hydrogen-bond donors (Lipinski definition) is 1. The van der Waals surface area contributed by atoms with Crippen molar-refractivity contribution in [2.75, 3.05) is 25.5 Å². The highest BCUT2D eigenvalue weighted by molar-refractivity contribution is 7.92. The van der Waals surface area contributed by atoms with E-state index in [9.17, 15) is 22.4 Å². The van der Waals surface area contributed by atoms with Crippen molar-refractivity contribution in [3.63, 3.8) is 0 Å². The van der Waals surface area contributed by atoms with Crippen LogP contribution in [0.5, 0.6) is 5.75 Å². The number of amides is 1. The molecular weight excluding hydrogens is 467 g/mol. The summed E-state index contributed by atoms with van der Waals surface area (Å²) in [7, 11) is -1.24. The molecule has 2 aromatic carbocycles. The number of nitrogens with one attached hydrogen (secondary N) is 1. The standard InChI is InChI=1S/C23H25FN2O7S/c1-26-18-9-8-15(12-22(27)31-2)33-20(18)13-32-19-10-7-14(11-16(19)23(26)28)25-34(29,30)21-6-4-3-5-17(21)24/h3-7,10-11,15,18,20,25H,8-9,12-13H2,1-2H3/t15-,18+,20+/m1/s1. The molecule has 0 aliphatic carbocycles. The second kappa shape index (κ2) is 9.59. The lowest BCUT2D eigenvalue weighted by atomic mass is 9.94. The first-order valence-electron chi connectivity index (χ1n) is 10.7. The summed E-state index contributed by atoms with van der Waals surface area (Å²) in [5.41, 5.74) is 0.272. The van der Waals surface area contributed by atoms with Crippen LogP contribution in [-0.4, -0.2) is 64.2 Å². The molecule has 0 unspecified atom stereocenters. The molecule has 1 fully saturated rings. The average Bonchev–Trinajstić information content (AvgIpc) is 2.81. The number of nitrogens with zero attached hydrogens (tertiary/aromatic N) is 1. The highest BCUT2D eigenvalue weighted by Crippen LogP contribution is 2.33. The summed E-state index contributed by atoms with van der Waals surface area (Å²) < 4.78 is 58.2. The Morgan fingerprint density at radius 2 is 2.00 bits per heavy atom. The lowest BCUT2D eigenvalue weighted by Crippen LogP contribution is -2.53. The van der Waals surface area contributed by atoms with Gasteiger partial charge in [-0.15, -0.1) is 0 Å². The van der Waals surface area contributed by atoms with Crippen LogP contribution in [0.15, 0.2) is 47.4 Å². The monoisotopic (exact) mass is 492 g/mol. The second-order valence-corrected chi connectivity index (χ2v) is 9.85. The van der Waals surface area contributed by atoms with E-state index in [1.54, 1.807) is 11.9 Å². The minimum Gasteiger partial charge on any atom is -0.490 e. The van der Waals surface area contributed by atoms with Crippen molar-refractivity contribution in [1.29, 1.82) is 0 Å². The van der Waals surface area contributed by atoms with Crippen LogP contribution in [0.1, 0.15) is 29.6 Å². The molecule has 4 rings (SSSR count). The van der Waals surface area contributed by atoms with E-state index < -0.39 is 26.8 Å². The van der Waals surface area contributed by atoms with Crippen LogP contribution in [0.3, 0.4) is 0 Å². The number of esters is 1. The topological polar surface area (TPSA) is 111 Å². The van der Waals surface area contributed by atoms with Gasteiger partial charge in [-0.05, 0) is 43.2 Å². The third-order valence-corrected chi connectivity index (χ3v) is 7.43. The minimum absolute atomic E-state index is 0.0995. The Balaban J connectivity index is 1.56. The smallest absolute Gasteiger partial charge is 0.308 e. The van der Waals surface area contributed by atoms with E-state index in [1.165, 1.54) is 37.4 Å². The summed E-state index contributed by atoms with van der Waals surface area (Å²) in [4.78, 5) is 25.9. The number of fused-ring (bicyclic) bond motifs is 2. The van der Waals surface area contributed by atoms with Crippen molar-refractivity contribution in [2.45, 2.75) is 42.4 Å². The zero-order chi connectivity index (χ0) is 24.5. The molecule has 1 saturated heterocycles.